The highest BCUT2D eigenvalue weighted by molar-refractivity contribution is 14.0. The molecule has 2 rings (SSSR count). The molecule has 26 heavy (non-hydrogen) atoms. The van der Waals surface area contributed by atoms with Crippen LogP contribution in [0.25, 0.3) is 0 Å². The van der Waals surface area contributed by atoms with E-state index < -0.39 is 0 Å². The summed E-state index contributed by atoms with van der Waals surface area (Å²) in [4.78, 5) is 8.01. The standard InChI is InChI=1S/C18H29ClN4OS.HI/c1-18(2,23-9-11-24-12-10-23)14-22-17(20-3)21-8-13-25-16-6-4-15(19)5-7-16;/h4-7H,8-14H2,1-3H3,(H2,20,21,22);1H. The van der Waals surface area contributed by atoms with E-state index in [4.69, 9.17) is 16.3 Å². The number of aliphatic imine (C=N–C) groups is 1. The fourth-order valence-electron chi connectivity index (χ4n) is 2.67. The summed E-state index contributed by atoms with van der Waals surface area (Å²) < 4.78 is 5.44. The molecule has 0 radical (unpaired) electrons. The predicted octanol–water partition coefficient (Wildman–Crippen LogP) is 3.33. The van der Waals surface area contributed by atoms with Gasteiger partial charge in [0.2, 0.25) is 0 Å². The fourth-order valence-corrected chi connectivity index (χ4v) is 3.56. The van der Waals surface area contributed by atoms with Crippen LogP contribution in [0.5, 0.6) is 0 Å². The third-order valence-electron chi connectivity index (χ3n) is 4.26. The highest BCUT2D eigenvalue weighted by Crippen LogP contribution is 2.19. The van der Waals surface area contributed by atoms with Gasteiger partial charge in [0.05, 0.1) is 13.2 Å². The first kappa shape index (κ1) is 23.8. The molecule has 0 amide bonds. The lowest BCUT2D eigenvalue weighted by Crippen LogP contribution is -2.56. The second-order valence-electron chi connectivity index (χ2n) is 6.57. The van der Waals surface area contributed by atoms with E-state index in [9.17, 15) is 0 Å². The molecule has 2 N–H and O–H groups in total. The van der Waals surface area contributed by atoms with Crippen LogP contribution in [0.3, 0.4) is 0 Å². The number of ether oxygens (including phenoxy) is 1. The van der Waals surface area contributed by atoms with Gasteiger partial charge in [-0.15, -0.1) is 35.7 Å². The highest BCUT2D eigenvalue weighted by atomic mass is 127. The van der Waals surface area contributed by atoms with Crippen LogP contribution < -0.4 is 10.6 Å². The Morgan fingerprint density at radius 2 is 1.88 bits per heavy atom. The van der Waals surface area contributed by atoms with E-state index in [0.717, 1.165) is 56.1 Å². The molecule has 0 unspecified atom stereocenters. The van der Waals surface area contributed by atoms with E-state index in [1.807, 2.05) is 31.3 Å². The van der Waals surface area contributed by atoms with Crippen LogP contribution in [0.2, 0.25) is 5.02 Å². The number of hydrogen-bond acceptors (Lipinski definition) is 4. The van der Waals surface area contributed by atoms with Gasteiger partial charge in [-0.25, -0.2) is 0 Å². The summed E-state index contributed by atoms with van der Waals surface area (Å²) in [7, 11) is 1.81. The van der Waals surface area contributed by atoms with Gasteiger partial charge in [-0.2, -0.15) is 0 Å². The minimum Gasteiger partial charge on any atom is -0.379 e. The second kappa shape index (κ2) is 12.3. The molecule has 0 aliphatic carbocycles. The van der Waals surface area contributed by atoms with Crippen molar-refractivity contribution < 1.29 is 4.74 Å². The normalized spacial score (nSPS) is 16.1. The average molecular weight is 513 g/mol. The number of benzene rings is 1. The quantitative estimate of drug-likeness (QED) is 0.193. The van der Waals surface area contributed by atoms with Crippen LogP contribution >= 0.6 is 47.3 Å². The molecule has 0 atom stereocenters. The smallest absolute Gasteiger partial charge is 0.191 e. The average Bonchev–Trinajstić information content (AvgIpc) is 2.63. The molecule has 1 aliphatic heterocycles. The van der Waals surface area contributed by atoms with Crippen LogP contribution in [0.15, 0.2) is 34.2 Å². The largest absolute Gasteiger partial charge is 0.379 e. The van der Waals surface area contributed by atoms with Crippen LogP contribution in [0, 0.1) is 0 Å². The molecule has 1 saturated heterocycles. The summed E-state index contributed by atoms with van der Waals surface area (Å²) in [6.45, 7) is 9.82. The van der Waals surface area contributed by atoms with Crippen molar-refractivity contribution in [1.82, 2.24) is 15.5 Å². The van der Waals surface area contributed by atoms with Crippen LogP contribution in [0.4, 0.5) is 0 Å². The van der Waals surface area contributed by atoms with Crippen molar-refractivity contribution in [1.29, 1.82) is 0 Å². The Hall–Kier alpha value is -0.220. The van der Waals surface area contributed by atoms with E-state index in [-0.39, 0.29) is 29.5 Å². The maximum atomic E-state index is 5.90. The van der Waals surface area contributed by atoms with E-state index in [1.54, 1.807) is 11.8 Å². The van der Waals surface area contributed by atoms with E-state index in [0.29, 0.717) is 0 Å². The molecule has 1 aliphatic rings. The Labute approximate surface area is 183 Å². The fraction of sp³-hybridized carbons (Fsp3) is 0.611. The molecular formula is C18H30ClIN4OS. The van der Waals surface area contributed by atoms with Crippen molar-refractivity contribution in [3.63, 3.8) is 0 Å². The van der Waals surface area contributed by atoms with Crippen molar-refractivity contribution in [2.75, 3.05) is 52.2 Å². The molecule has 148 valence electrons. The van der Waals surface area contributed by atoms with Gasteiger partial charge in [-0.3, -0.25) is 9.89 Å². The first-order chi connectivity index (χ1) is 12.0. The summed E-state index contributed by atoms with van der Waals surface area (Å²) in [5.74, 6) is 1.81. The molecule has 0 spiro atoms. The zero-order chi connectivity index (χ0) is 18.1. The molecule has 1 fully saturated rings. The number of rotatable bonds is 7. The molecule has 5 nitrogen and oxygen atoms in total. The molecule has 0 bridgehead atoms. The molecule has 1 aromatic rings. The van der Waals surface area contributed by atoms with Gasteiger partial charge in [0.15, 0.2) is 5.96 Å². The summed E-state index contributed by atoms with van der Waals surface area (Å²) in [5, 5.41) is 7.59. The topological polar surface area (TPSA) is 48.9 Å². The van der Waals surface area contributed by atoms with Gasteiger partial charge in [-0.05, 0) is 38.1 Å². The lowest BCUT2D eigenvalue weighted by Gasteiger charge is -2.41. The van der Waals surface area contributed by atoms with E-state index in [2.05, 4.69) is 34.4 Å². The van der Waals surface area contributed by atoms with Gasteiger partial charge < -0.3 is 15.4 Å². The van der Waals surface area contributed by atoms with Crippen molar-refractivity contribution in [3.05, 3.63) is 29.3 Å². The van der Waals surface area contributed by atoms with E-state index in [1.165, 1.54) is 4.90 Å². The van der Waals surface area contributed by atoms with Gasteiger partial charge in [-0.1, -0.05) is 11.6 Å². The minimum atomic E-state index is 0. The Kier molecular flexibility index (Phi) is 11.2. The number of nitrogens with zero attached hydrogens (tertiary/aromatic N) is 2. The van der Waals surface area contributed by atoms with Crippen LogP contribution in [0.1, 0.15) is 13.8 Å². The first-order valence-electron chi connectivity index (χ1n) is 8.67. The summed E-state index contributed by atoms with van der Waals surface area (Å²) in [6.07, 6.45) is 0. The summed E-state index contributed by atoms with van der Waals surface area (Å²) in [6, 6.07) is 7.94. The highest BCUT2D eigenvalue weighted by Gasteiger charge is 2.28. The SMILES string of the molecule is CN=C(NCCSc1ccc(Cl)cc1)NCC(C)(C)N1CCOCC1.I. The van der Waals surface area contributed by atoms with Crippen molar-refractivity contribution in [2.45, 2.75) is 24.3 Å². The number of nitrogens with one attached hydrogen (secondary N) is 2. The van der Waals surface area contributed by atoms with Gasteiger partial charge in [0, 0.05) is 54.4 Å². The maximum absolute atomic E-state index is 5.90. The molecule has 8 heteroatoms. The number of hydrogen-bond donors (Lipinski definition) is 2. The lowest BCUT2D eigenvalue weighted by molar-refractivity contribution is -0.00833. The molecule has 1 aromatic carbocycles. The molecule has 0 saturated carbocycles. The Morgan fingerprint density at radius 3 is 2.50 bits per heavy atom. The first-order valence-corrected chi connectivity index (χ1v) is 10.0. The summed E-state index contributed by atoms with van der Waals surface area (Å²) >= 11 is 7.71. The number of halogens is 2. The Morgan fingerprint density at radius 1 is 1.23 bits per heavy atom. The second-order valence-corrected chi connectivity index (χ2v) is 8.17. The molecule has 1 heterocycles. The van der Waals surface area contributed by atoms with E-state index >= 15 is 0 Å². The van der Waals surface area contributed by atoms with Gasteiger partial charge in [0.25, 0.3) is 0 Å². The van der Waals surface area contributed by atoms with Crippen molar-refractivity contribution in [2.24, 2.45) is 4.99 Å². The Balaban J connectivity index is 0.00000338. The zero-order valence-electron chi connectivity index (χ0n) is 15.8. The van der Waals surface area contributed by atoms with Crippen LogP contribution in [-0.4, -0.2) is 68.6 Å². The monoisotopic (exact) mass is 512 g/mol. The number of guanidine groups is 1. The predicted molar refractivity (Wildman–Crippen MR) is 123 cm³/mol. The zero-order valence-corrected chi connectivity index (χ0v) is 19.7. The van der Waals surface area contributed by atoms with Crippen molar-refractivity contribution >= 4 is 53.3 Å². The maximum Gasteiger partial charge on any atom is 0.191 e. The number of thioether (sulfide) groups is 1. The molecular weight excluding hydrogens is 483 g/mol. The number of morpholine rings is 1. The third kappa shape index (κ3) is 8.21. The molecule has 0 aromatic heterocycles. The van der Waals surface area contributed by atoms with Gasteiger partial charge >= 0.3 is 0 Å². The van der Waals surface area contributed by atoms with Crippen molar-refractivity contribution in [3.8, 4) is 0 Å². The lowest BCUT2D eigenvalue weighted by atomic mass is 10.0. The Bertz CT molecular complexity index is 551. The van der Waals surface area contributed by atoms with Gasteiger partial charge in [0.1, 0.15) is 0 Å². The summed E-state index contributed by atoms with van der Waals surface area (Å²) in [5.41, 5.74) is 0.0689. The minimum absolute atomic E-state index is 0. The van der Waals surface area contributed by atoms with Crippen LogP contribution in [-0.2, 0) is 4.74 Å². The third-order valence-corrected chi connectivity index (χ3v) is 5.52.